The third-order valence-corrected chi connectivity index (χ3v) is 5.46. The van der Waals surface area contributed by atoms with Gasteiger partial charge in [0.1, 0.15) is 11.9 Å². The Morgan fingerprint density at radius 3 is 2.36 bits per heavy atom. The number of aryl methyl sites for hydroxylation is 1. The minimum absolute atomic E-state index is 0.0942. The number of ether oxygens (including phenoxy) is 3. The lowest BCUT2D eigenvalue weighted by Gasteiger charge is -2.15. The molecule has 0 radical (unpaired) electrons. The molecular weight excluding hydrogens is 464 g/mol. The first-order chi connectivity index (χ1) is 17.4. The highest BCUT2D eigenvalue weighted by Gasteiger charge is 2.21. The summed E-state index contributed by atoms with van der Waals surface area (Å²) in [6, 6.07) is 11.9. The Morgan fingerprint density at radius 2 is 1.75 bits per heavy atom. The standard InChI is InChI=1S/C25H28N6O5/c1-5-15-6-8-16(9-7-15)18(14-26)28-25(33)23-29-20(30-31-23)12-13-27-24(32)17-10-11-19(34-2)22(36-4)21(17)35-3/h6-11,18H,5,12-13H2,1-4H3,(H,27,32)(H,28,33)(H,29,30,31). The first-order valence-corrected chi connectivity index (χ1v) is 11.2. The number of aromatic nitrogens is 3. The summed E-state index contributed by atoms with van der Waals surface area (Å²) in [5.74, 6) is 0.359. The summed E-state index contributed by atoms with van der Waals surface area (Å²) in [5, 5.41) is 21.5. The summed E-state index contributed by atoms with van der Waals surface area (Å²) in [6.07, 6.45) is 1.17. The van der Waals surface area contributed by atoms with E-state index in [4.69, 9.17) is 14.2 Å². The van der Waals surface area contributed by atoms with Gasteiger partial charge in [-0.15, -0.1) is 5.10 Å². The van der Waals surface area contributed by atoms with Crippen LogP contribution in [-0.2, 0) is 12.8 Å². The minimum atomic E-state index is -0.832. The molecule has 0 bridgehead atoms. The van der Waals surface area contributed by atoms with Gasteiger partial charge in [0.05, 0.1) is 33.0 Å². The summed E-state index contributed by atoms with van der Waals surface area (Å²) < 4.78 is 15.9. The van der Waals surface area contributed by atoms with Gasteiger partial charge in [-0.1, -0.05) is 31.2 Å². The molecule has 0 spiro atoms. The number of nitrogens with zero attached hydrogens (tertiary/aromatic N) is 3. The van der Waals surface area contributed by atoms with Gasteiger partial charge >= 0.3 is 0 Å². The second kappa shape index (κ2) is 12.2. The number of methoxy groups -OCH3 is 3. The summed E-state index contributed by atoms with van der Waals surface area (Å²) in [7, 11) is 4.39. The van der Waals surface area contributed by atoms with Gasteiger partial charge in [-0.3, -0.25) is 14.7 Å². The number of rotatable bonds is 11. The van der Waals surface area contributed by atoms with Crippen molar-refractivity contribution < 1.29 is 23.8 Å². The Labute approximate surface area is 208 Å². The van der Waals surface area contributed by atoms with Crippen LogP contribution in [0.25, 0.3) is 0 Å². The van der Waals surface area contributed by atoms with Crippen molar-refractivity contribution in [3.8, 4) is 23.3 Å². The van der Waals surface area contributed by atoms with E-state index in [1.54, 1.807) is 12.1 Å². The van der Waals surface area contributed by atoms with Crippen molar-refractivity contribution in [2.45, 2.75) is 25.8 Å². The lowest BCUT2D eigenvalue weighted by atomic mass is 10.0. The zero-order valence-electron chi connectivity index (χ0n) is 20.5. The quantitative estimate of drug-likeness (QED) is 0.369. The molecule has 0 aliphatic heterocycles. The number of benzene rings is 2. The second-order valence-corrected chi connectivity index (χ2v) is 7.62. The first-order valence-electron chi connectivity index (χ1n) is 11.2. The minimum Gasteiger partial charge on any atom is -0.493 e. The molecule has 1 unspecified atom stereocenters. The van der Waals surface area contributed by atoms with E-state index in [0.29, 0.717) is 29.3 Å². The van der Waals surface area contributed by atoms with Gasteiger partial charge in [0, 0.05) is 13.0 Å². The molecule has 0 aliphatic carbocycles. The van der Waals surface area contributed by atoms with E-state index in [1.165, 1.54) is 21.3 Å². The zero-order valence-corrected chi connectivity index (χ0v) is 20.5. The predicted octanol–water partition coefficient (Wildman–Crippen LogP) is 2.36. The van der Waals surface area contributed by atoms with Gasteiger partial charge in [0.2, 0.25) is 11.6 Å². The molecule has 11 heteroatoms. The Hall–Kier alpha value is -4.59. The average Bonchev–Trinajstić information content (AvgIpc) is 3.39. The van der Waals surface area contributed by atoms with Crippen LogP contribution in [0.3, 0.4) is 0 Å². The largest absolute Gasteiger partial charge is 0.493 e. The van der Waals surface area contributed by atoms with Crippen molar-refractivity contribution in [3.63, 3.8) is 0 Å². The van der Waals surface area contributed by atoms with Crippen molar-refractivity contribution in [2.24, 2.45) is 0 Å². The van der Waals surface area contributed by atoms with Crippen LogP contribution >= 0.6 is 0 Å². The molecule has 2 amide bonds. The number of H-pyrrole nitrogens is 1. The summed E-state index contributed by atoms with van der Waals surface area (Å²) in [5.41, 5.74) is 2.09. The Balaban J connectivity index is 1.58. The average molecular weight is 493 g/mol. The highest BCUT2D eigenvalue weighted by Crippen LogP contribution is 2.39. The van der Waals surface area contributed by atoms with Crippen LogP contribution in [0.5, 0.6) is 17.2 Å². The fourth-order valence-electron chi connectivity index (χ4n) is 3.51. The van der Waals surface area contributed by atoms with Gasteiger partial charge < -0.3 is 24.8 Å². The number of carbonyl (C=O) groups excluding carboxylic acids is 2. The maximum atomic E-state index is 12.7. The molecule has 11 nitrogen and oxygen atoms in total. The highest BCUT2D eigenvalue weighted by atomic mass is 16.5. The van der Waals surface area contributed by atoms with Crippen LogP contribution in [0.4, 0.5) is 0 Å². The molecule has 1 aromatic heterocycles. The maximum Gasteiger partial charge on any atom is 0.292 e. The number of nitriles is 1. The molecule has 1 atom stereocenters. The molecule has 0 saturated heterocycles. The van der Waals surface area contributed by atoms with Gasteiger partial charge in [0.25, 0.3) is 11.8 Å². The fraction of sp³-hybridized carbons (Fsp3) is 0.320. The van der Waals surface area contributed by atoms with Crippen molar-refractivity contribution >= 4 is 11.8 Å². The van der Waals surface area contributed by atoms with Gasteiger partial charge in [-0.25, -0.2) is 4.98 Å². The molecule has 0 fully saturated rings. The molecule has 36 heavy (non-hydrogen) atoms. The smallest absolute Gasteiger partial charge is 0.292 e. The summed E-state index contributed by atoms with van der Waals surface area (Å²) in [4.78, 5) is 29.4. The van der Waals surface area contributed by atoms with Crippen LogP contribution in [0.15, 0.2) is 36.4 Å². The predicted molar refractivity (Wildman–Crippen MR) is 130 cm³/mol. The molecule has 0 aliphatic rings. The van der Waals surface area contributed by atoms with E-state index in [-0.39, 0.29) is 29.6 Å². The van der Waals surface area contributed by atoms with E-state index in [0.717, 1.165) is 12.0 Å². The molecule has 3 aromatic rings. The molecule has 3 rings (SSSR count). The van der Waals surface area contributed by atoms with Crippen molar-refractivity contribution in [2.75, 3.05) is 27.9 Å². The number of nitrogens with one attached hydrogen (secondary N) is 3. The normalized spacial score (nSPS) is 11.2. The molecule has 2 aromatic carbocycles. The van der Waals surface area contributed by atoms with Gasteiger partial charge in [-0.05, 0) is 29.7 Å². The Morgan fingerprint density at radius 1 is 1.03 bits per heavy atom. The van der Waals surface area contributed by atoms with E-state index >= 15 is 0 Å². The summed E-state index contributed by atoms with van der Waals surface area (Å²) in [6.45, 7) is 2.26. The van der Waals surface area contributed by atoms with Crippen LogP contribution in [0.1, 0.15) is 50.9 Å². The number of hydrogen-bond donors (Lipinski definition) is 3. The van der Waals surface area contributed by atoms with Crippen LogP contribution in [-0.4, -0.2) is 54.9 Å². The number of hydrogen-bond acceptors (Lipinski definition) is 8. The fourth-order valence-corrected chi connectivity index (χ4v) is 3.51. The van der Waals surface area contributed by atoms with Gasteiger partial charge in [-0.2, -0.15) is 5.26 Å². The molecule has 0 saturated carbocycles. The van der Waals surface area contributed by atoms with E-state index in [9.17, 15) is 14.9 Å². The van der Waals surface area contributed by atoms with E-state index in [2.05, 4.69) is 31.9 Å². The second-order valence-electron chi connectivity index (χ2n) is 7.62. The summed E-state index contributed by atoms with van der Waals surface area (Å²) >= 11 is 0. The zero-order chi connectivity index (χ0) is 26.1. The third kappa shape index (κ3) is 5.90. The lowest BCUT2D eigenvalue weighted by Crippen LogP contribution is -2.28. The maximum absolute atomic E-state index is 12.7. The Bertz CT molecular complexity index is 1250. The van der Waals surface area contributed by atoms with E-state index < -0.39 is 11.9 Å². The monoisotopic (exact) mass is 492 g/mol. The van der Waals surface area contributed by atoms with Crippen molar-refractivity contribution in [1.29, 1.82) is 5.26 Å². The lowest BCUT2D eigenvalue weighted by molar-refractivity contribution is 0.0930. The van der Waals surface area contributed by atoms with Crippen LogP contribution in [0.2, 0.25) is 0 Å². The number of carbonyl (C=O) groups is 2. The van der Waals surface area contributed by atoms with Crippen molar-refractivity contribution in [3.05, 3.63) is 64.7 Å². The highest BCUT2D eigenvalue weighted by molar-refractivity contribution is 5.98. The van der Waals surface area contributed by atoms with Crippen molar-refractivity contribution in [1.82, 2.24) is 25.8 Å². The molecule has 188 valence electrons. The van der Waals surface area contributed by atoms with Crippen LogP contribution in [0, 0.1) is 11.3 Å². The third-order valence-electron chi connectivity index (χ3n) is 5.46. The SMILES string of the molecule is CCc1ccc(C(C#N)NC(=O)c2n[nH]c(CCNC(=O)c3ccc(OC)c(OC)c3OC)n2)cc1. The molecule has 1 heterocycles. The van der Waals surface area contributed by atoms with Crippen LogP contribution < -0.4 is 24.8 Å². The van der Waals surface area contributed by atoms with E-state index in [1.807, 2.05) is 31.2 Å². The van der Waals surface area contributed by atoms with Gasteiger partial charge in [0.15, 0.2) is 11.5 Å². The number of amides is 2. The molecular formula is C25H28N6O5. The molecule has 3 N–H and O–H groups in total. The Kier molecular flexibility index (Phi) is 8.83. The number of aromatic amines is 1. The first kappa shape index (κ1) is 26.0. The topological polar surface area (TPSA) is 151 Å².